The van der Waals surface area contributed by atoms with Crippen LogP contribution in [-0.4, -0.2) is 22.4 Å². The summed E-state index contributed by atoms with van der Waals surface area (Å²) < 4.78 is 0. The van der Waals surface area contributed by atoms with E-state index in [0.29, 0.717) is 28.1 Å². The summed E-state index contributed by atoms with van der Waals surface area (Å²) in [6, 6.07) is 8.70. The minimum Gasteiger partial charge on any atom is -0.370 e. The van der Waals surface area contributed by atoms with Gasteiger partial charge in [-0.05, 0) is 24.5 Å². The second kappa shape index (κ2) is 7.75. The highest BCUT2D eigenvalue weighted by atomic mass is 35.5. The standard InChI is InChI=1S/C16H19ClN4O/c1-11(2)7-8-18-15-9-14(19-10-20-15)16(22)21-13-6-4-3-5-12(13)17/h3-6,9-11H,7-8H2,1-2H3,(H,21,22)(H,18,19,20). The summed E-state index contributed by atoms with van der Waals surface area (Å²) in [5.41, 5.74) is 0.851. The van der Waals surface area contributed by atoms with E-state index in [9.17, 15) is 4.79 Å². The fourth-order valence-electron chi connectivity index (χ4n) is 1.82. The van der Waals surface area contributed by atoms with Crippen molar-refractivity contribution in [3.05, 3.63) is 47.4 Å². The Bertz CT molecular complexity index is 646. The van der Waals surface area contributed by atoms with Gasteiger partial charge in [0.15, 0.2) is 0 Å². The van der Waals surface area contributed by atoms with Crippen LogP contribution in [0.15, 0.2) is 36.7 Å². The molecule has 2 aromatic rings. The van der Waals surface area contributed by atoms with E-state index in [-0.39, 0.29) is 5.91 Å². The van der Waals surface area contributed by atoms with Crippen LogP contribution < -0.4 is 10.6 Å². The van der Waals surface area contributed by atoms with Gasteiger partial charge in [-0.15, -0.1) is 0 Å². The smallest absolute Gasteiger partial charge is 0.274 e. The van der Waals surface area contributed by atoms with Gasteiger partial charge in [0.25, 0.3) is 5.91 Å². The molecule has 2 N–H and O–H groups in total. The third kappa shape index (κ3) is 4.70. The van der Waals surface area contributed by atoms with Gasteiger partial charge in [-0.2, -0.15) is 0 Å². The van der Waals surface area contributed by atoms with Crippen molar-refractivity contribution in [1.29, 1.82) is 0 Å². The first kappa shape index (κ1) is 16.2. The number of nitrogens with zero attached hydrogens (tertiary/aromatic N) is 2. The molecule has 22 heavy (non-hydrogen) atoms. The Hall–Kier alpha value is -2.14. The Morgan fingerprint density at radius 1 is 1.27 bits per heavy atom. The number of nitrogens with one attached hydrogen (secondary N) is 2. The maximum atomic E-state index is 12.2. The van der Waals surface area contributed by atoms with E-state index >= 15 is 0 Å². The van der Waals surface area contributed by atoms with Crippen molar-refractivity contribution in [2.75, 3.05) is 17.2 Å². The van der Waals surface area contributed by atoms with Gasteiger partial charge in [-0.1, -0.05) is 37.6 Å². The average molecular weight is 319 g/mol. The highest BCUT2D eigenvalue weighted by Crippen LogP contribution is 2.21. The number of aromatic nitrogens is 2. The molecule has 0 unspecified atom stereocenters. The molecule has 0 aliphatic heterocycles. The average Bonchev–Trinajstić information content (AvgIpc) is 2.49. The highest BCUT2D eigenvalue weighted by molar-refractivity contribution is 6.33. The summed E-state index contributed by atoms with van der Waals surface area (Å²) in [6.45, 7) is 5.12. The second-order valence-corrected chi connectivity index (χ2v) is 5.74. The molecule has 0 atom stereocenters. The number of halogens is 1. The van der Waals surface area contributed by atoms with Crippen molar-refractivity contribution in [3.63, 3.8) is 0 Å². The van der Waals surface area contributed by atoms with Crippen LogP contribution in [0.4, 0.5) is 11.5 Å². The first-order valence-corrected chi connectivity index (χ1v) is 7.56. The van der Waals surface area contributed by atoms with Crippen LogP contribution in [0.2, 0.25) is 5.02 Å². The molecule has 1 aromatic carbocycles. The van der Waals surface area contributed by atoms with Gasteiger partial charge in [0.2, 0.25) is 0 Å². The topological polar surface area (TPSA) is 66.9 Å². The number of carbonyl (C=O) groups excluding carboxylic acids is 1. The molecular weight excluding hydrogens is 300 g/mol. The van der Waals surface area contributed by atoms with E-state index in [1.165, 1.54) is 6.33 Å². The van der Waals surface area contributed by atoms with Crippen LogP contribution in [0, 0.1) is 5.92 Å². The Balaban J connectivity index is 2.02. The molecule has 0 fully saturated rings. The minimum atomic E-state index is -0.317. The van der Waals surface area contributed by atoms with Crippen LogP contribution in [0.3, 0.4) is 0 Å². The molecule has 0 saturated carbocycles. The summed E-state index contributed by atoms with van der Waals surface area (Å²) in [6.07, 6.45) is 2.41. The van der Waals surface area contributed by atoms with Crippen LogP contribution in [0.5, 0.6) is 0 Å². The van der Waals surface area contributed by atoms with Crippen molar-refractivity contribution >= 4 is 29.0 Å². The zero-order chi connectivity index (χ0) is 15.9. The molecule has 1 amide bonds. The number of hydrogen-bond donors (Lipinski definition) is 2. The molecular formula is C16H19ClN4O. The van der Waals surface area contributed by atoms with Gasteiger partial charge in [0.1, 0.15) is 17.8 Å². The van der Waals surface area contributed by atoms with Crippen LogP contribution in [0.25, 0.3) is 0 Å². The minimum absolute atomic E-state index is 0.293. The van der Waals surface area contributed by atoms with Gasteiger partial charge < -0.3 is 10.6 Å². The third-order valence-electron chi connectivity index (χ3n) is 3.05. The molecule has 0 aliphatic rings. The number of para-hydroxylation sites is 1. The fraction of sp³-hybridized carbons (Fsp3) is 0.312. The summed E-state index contributed by atoms with van der Waals surface area (Å²) >= 11 is 6.03. The van der Waals surface area contributed by atoms with E-state index in [4.69, 9.17) is 11.6 Å². The summed E-state index contributed by atoms with van der Waals surface area (Å²) in [4.78, 5) is 20.3. The SMILES string of the molecule is CC(C)CCNc1cc(C(=O)Nc2ccccc2Cl)ncn1. The third-order valence-corrected chi connectivity index (χ3v) is 3.38. The van der Waals surface area contributed by atoms with Gasteiger partial charge in [0, 0.05) is 12.6 Å². The van der Waals surface area contributed by atoms with Crippen LogP contribution >= 0.6 is 11.6 Å². The molecule has 1 aromatic heterocycles. The molecule has 0 saturated heterocycles. The maximum absolute atomic E-state index is 12.2. The number of carbonyl (C=O) groups is 1. The molecule has 0 aliphatic carbocycles. The van der Waals surface area contributed by atoms with Gasteiger partial charge in [0.05, 0.1) is 10.7 Å². The Labute approximate surface area is 135 Å². The normalized spacial score (nSPS) is 10.5. The van der Waals surface area contributed by atoms with Crippen molar-refractivity contribution in [1.82, 2.24) is 9.97 Å². The Morgan fingerprint density at radius 3 is 2.77 bits per heavy atom. The van der Waals surface area contributed by atoms with Crippen molar-refractivity contribution in [3.8, 4) is 0 Å². The predicted octanol–water partition coefficient (Wildman–Crippen LogP) is 3.84. The number of amides is 1. The lowest BCUT2D eigenvalue weighted by atomic mass is 10.1. The second-order valence-electron chi connectivity index (χ2n) is 5.33. The summed E-state index contributed by atoms with van der Waals surface area (Å²) in [7, 11) is 0. The zero-order valence-electron chi connectivity index (χ0n) is 12.6. The monoisotopic (exact) mass is 318 g/mol. The molecule has 5 nitrogen and oxygen atoms in total. The van der Waals surface area contributed by atoms with Crippen molar-refractivity contribution in [2.45, 2.75) is 20.3 Å². The highest BCUT2D eigenvalue weighted by Gasteiger charge is 2.10. The summed E-state index contributed by atoms with van der Waals surface area (Å²) in [5, 5.41) is 6.41. The number of anilines is 2. The number of benzene rings is 1. The van der Waals surface area contributed by atoms with Gasteiger partial charge in [-0.3, -0.25) is 4.79 Å². The number of hydrogen-bond acceptors (Lipinski definition) is 4. The van der Waals surface area contributed by atoms with E-state index in [1.54, 1.807) is 30.3 Å². The van der Waals surface area contributed by atoms with Crippen LogP contribution in [-0.2, 0) is 0 Å². The zero-order valence-corrected chi connectivity index (χ0v) is 13.4. The summed E-state index contributed by atoms with van der Waals surface area (Å²) in [5.74, 6) is 0.930. The first-order chi connectivity index (χ1) is 10.6. The van der Waals surface area contributed by atoms with Gasteiger partial charge >= 0.3 is 0 Å². The quantitative estimate of drug-likeness (QED) is 0.849. The Kier molecular flexibility index (Phi) is 5.72. The van der Waals surface area contributed by atoms with Crippen LogP contribution in [0.1, 0.15) is 30.8 Å². The van der Waals surface area contributed by atoms with Crippen molar-refractivity contribution < 1.29 is 4.79 Å². The molecule has 116 valence electrons. The molecule has 0 bridgehead atoms. The molecule has 6 heteroatoms. The van der Waals surface area contributed by atoms with E-state index < -0.39 is 0 Å². The predicted molar refractivity (Wildman–Crippen MR) is 89.4 cm³/mol. The lowest BCUT2D eigenvalue weighted by Crippen LogP contribution is -2.15. The Morgan fingerprint density at radius 2 is 2.05 bits per heavy atom. The van der Waals surface area contributed by atoms with Crippen molar-refractivity contribution in [2.24, 2.45) is 5.92 Å². The molecule has 1 heterocycles. The van der Waals surface area contributed by atoms with Gasteiger partial charge in [-0.25, -0.2) is 9.97 Å². The molecule has 0 spiro atoms. The van der Waals surface area contributed by atoms with E-state index in [2.05, 4.69) is 34.4 Å². The lowest BCUT2D eigenvalue weighted by molar-refractivity contribution is 0.102. The molecule has 2 rings (SSSR count). The largest absolute Gasteiger partial charge is 0.370 e. The van der Waals surface area contributed by atoms with E-state index in [0.717, 1.165) is 13.0 Å². The maximum Gasteiger partial charge on any atom is 0.274 e. The number of rotatable bonds is 6. The van der Waals surface area contributed by atoms with E-state index in [1.807, 2.05) is 0 Å². The fourth-order valence-corrected chi connectivity index (χ4v) is 2.00. The molecule has 0 radical (unpaired) electrons. The first-order valence-electron chi connectivity index (χ1n) is 7.18. The lowest BCUT2D eigenvalue weighted by Gasteiger charge is -2.09.